The van der Waals surface area contributed by atoms with Gasteiger partial charge in [0.15, 0.2) is 0 Å². The molecule has 4 rings (SSSR count). The molecule has 4 fully saturated rings. The Kier molecular flexibility index (Phi) is 1.88. The van der Waals surface area contributed by atoms with Gasteiger partial charge in [0.1, 0.15) is 6.61 Å². The molecule has 0 radical (unpaired) electrons. The summed E-state index contributed by atoms with van der Waals surface area (Å²) < 4.78 is 0. The lowest BCUT2D eigenvalue weighted by Crippen LogP contribution is -2.63. The monoisotopic (exact) mass is 211 g/mol. The van der Waals surface area contributed by atoms with E-state index in [0.717, 1.165) is 25.7 Å². The minimum absolute atomic E-state index is 0.147. The topological polar surface area (TPSA) is 63.4 Å². The van der Waals surface area contributed by atoms with Crippen molar-refractivity contribution in [3.05, 3.63) is 10.1 Å². The van der Waals surface area contributed by atoms with Crippen molar-refractivity contribution in [3.63, 3.8) is 0 Å². The third-order valence-corrected chi connectivity index (χ3v) is 5.15. The van der Waals surface area contributed by atoms with Gasteiger partial charge in [-0.3, -0.25) is 10.1 Å². The molecule has 0 unspecified atom stereocenters. The third-order valence-electron chi connectivity index (χ3n) is 5.15. The fourth-order valence-corrected chi connectivity index (χ4v) is 4.61. The Morgan fingerprint density at radius 3 is 1.93 bits per heavy atom. The molecule has 0 aromatic rings. The van der Waals surface area contributed by atoms with Crippen LogP contribution < -0.4 is 0 Å². The molecule has 4 aliphatic carbocycles. The van der Waals surface area contributed by atoms with Crippen molar-refractivity contribution < 1.29 is 10.0 Å². The van der Waals surface area contributed by atoms with E-state index in [4.69, 9.17) is 0 Å². The lowest BCUT2D eigenvalue weighted by atomic mass is 9.49. The fraction of sp³-hybridized carbons (Fsp3) is 1.00. The maximum atomic E-state index is 11.3. The number of aliphatic hydroxyl groups excluding tert-OH is 1. The van der Waals surface area contributed by atoms with Gasteiger partial charge >= 0.3 is 0 Å². The highest BCUT2D eigenvalue weighted by atomic mass is 16.6. The molecule has 0 aromatic carbocycles. The van der Waals surface area contributed by atoms with Crippen LogP contribution in [-0.2, 0) is 0 Å². The molecule has 4 aliphatic rings. The van der Waals surface area contributed by atoms with Gasteiger partial charge in [0.25, 0.3) is 0 Å². The van der Waals surface area contributed by atoms with Crippen LogP contribution in [-0.4, -0.2) is 22.2 Å². The first-order valence-corrected chi connectivity index (χ1v) is 5.92. The number of hydrogen-bond donors (Lipinski definition) is 1. The van der Waals surface area contributed by atoms with Crippen molar-refractivity contribution in [3.8, 4) is 0 Å². The minimum Gasteiger partial charge on any atom is -0.389 e. The van der Waals surface area contributed by atoms with E-state index in [1.807, 2.05) is 0 Å². The quantitative estimate of drug-likeness (QED) is 0.555. The van der Waals surface area contributed by atoms with Crippen molar-refractivity contribution in [2.24, 2.45) is 23.7 Å². The van der Waals surface area contributed by atoms with Crippen molar-refractivity contribution in [1.29, 1.82) is 0 Å². The Morgan fingerprint density at radius 2 is 1.60 bits per heavy atom. The molecular formula is C11H17NO3. The summed E-state index contributed by atoms with van der Waals surface area (Å²) in [4.78, 5) is 11.1. The molecule has 0 atom stereocenters. The standard InChI is InChI=1S/C11H17NO3/c13-6-11(12(14)15)9-2-7-1-8(4-9)5-10(11)3-7/h7-10,13H,1-6H2. The van der Waals surface area contributed by atoms with Gasteiger partial charge < -0.3 is 5.11 Å². The van der Waals surface area contributed by atoms with E-state index in [-0.39, 0.29) is 23.4 Å². The highest BCUT2D eigenvalue weighted by Crippen LogP contribution is 2.59. The number of nitrogens with zero attached hydrogens (tertiary/aromatic N) is 1. The van der Waals surface area contributed by atoms with Crippen LogP contribution in [0.4, 0.5) is 0 Å². The Morgan fingerprint density at radius 1 is 1.13 bits per heavy atom. The summed E-state index contributed by atoms with van der Waals surface area (Å²) in [5.74, 6) is 1.72. The van der Waals surface area contributed by atoms with Crippen LogP contribution >= 0.6 is 0 Å². The predicted octanol–water partition coefficient (Wildman–Crippen LogP) is 1.45. The van der Waals surface area contributed by atoms with Crippen LogP contribution in [0.25, 0.3) is 0 Å². The normalized spacial score (nSPS) is 52.1. The fourth-order valence-electron chi connectivity index (χ4n) is 4.61. The lowest BCUT2D eigenvalue weighted by molar-refractivity contribution is -0.607. The van der Waals surface area contributed by atoms with Crippen LogP contribution in [0.2, 0.25) is 0 Å². The molecule has 0 spiro atoms. The molecule has 0 aromatic heterocycles. The van der Waals surface area contributed by atoms with Crippen molar-refractivity contribution in [2.75, 3.05) is 6.61 Å². The molecule has 4 heteroatoms. The van der Waals surface area contributed by atoms with Gasteiger partial charge in [0.2, 0.25) is 5.54 Å². The molecule has 0 aliphatic heterocycles. The molecular weight excluding hydrogens is 194 g/mol. The molecule has 0 amide bonds. The van der Waals surface area contributed by atoms with Crippen molar-refractivity contribution in [1.82, 2.24) is 0 Å². The van der Waals surface area contributed by atoms with Gasteiger partial charge in [0, 0.05) is 16.8 Å². The van der Waals surface area contributed by atoms with Gasteiger partial charge in [0.05, 0.1) is 0 Å². The van der Waals surface area contributed by atoms with Gasteiger partial charge in [-0.1, -0.05) is 0 Å². The molecule has 84 valence electrons. The zero-order valence-corrected chi connectivity index (χ0v) is 8.76. The SMILES string of the molecule is O=[N+]([O-])C1(CO)C2CC3CC(C2)CC1C3. The van der Waals surface area contributed by atoms with Crippen LogP contribution in [0.15, 0.2) is 0 Å². The molecule has 1 N–H and O–H groups in total. The van der Waals surface area contributed by atoms with E-state index < -0.39 is 5.54 Å². The predicted molar refractivity (Wildman–Crippen MR) is 53.9 cm³/mol. The first-order valence-electron chi connectivity index (χ1n) is 5.92. The highest BCUT2D eigenvalue weighted by Gasteiger charge is 2.64. The van der Waals surface area contributed by atoms with Gasteiger partial charge in [-0.2, -0.15) is 0 Å². The molecule has 15 heavy (non-hydrogen) atoms. The smallest absolute Gasteiger partial charge is 0.250 e. The Bertz CT molecular complexity index is 274. The number of hydrogen-bond acceptors (Lipinski definition) is 3. The Hall–Kier alpha value is -0.640. The zero-order chi connectivity index (χ0) is 10.6. The van der Waals surface area contributed by atoms with Crippen LogP contribution in [0.5, 0.6) is 0 Å². The van der Waals surface area contributed by atoms with E-state index in [9.17, 15) is 15.2 Å². The second kappa shape index (κ2) is 2.94. The van der Waals surface area contributed by atoms with E-state index in [2.05, 4.69) is 0 Å². The molecule has 4 bridgehead atoms. The highest BCUT2D eigenvalue weighted by molar-refractivity contribution is 5.07. The van der Waals surface area contributed by atoms with Crippen LogP contribution in [0, 0.1) is 33.8 Å². The minimum atomic E-state index is -0.979. The van der Waals surface area contributed by atoms with Gasteiger partial charge in [-0.05, 0) is 43.9 Å². The largest absolute Gasteiger partial charge is 0.389 e. The summed E-state index contributed by atoms with van der Waals surface area (Å²) in [6, 6.07) is 0. The average Bonchev–Trinajstić information content (AvgIpc) is 2.16. The van der Waals surface area contributed by atoms with Crippen LogP contribution in [0.3, 0.4) is 0 Å². The molecule has 4 saturated carbocycles. The van der Waals surface area contributed by atoms with Crippen molar-refractivity contribution in [2.45, 2.75) is 37.6 Å². The first kappa shape index (κ1) is 9.58. The Labute approximate surface area is 88.8 Å². The summed E-state index contributed by atoms with van der Waals surface area (Å²) in [5.41, 5.74) is -0.979. The Balaban J connectivity index is 1.99. The van der Waals surface area contributed by atoms with Crippen molar-refractivity contribution >= 4 is 0 Å². The van der Waals surface area contributed by atoms with E-state index >= 15 is 0 Å². The molecule has 0 saturated heterocycles. The molecule has 4 nitrogen and oxygen atoms in total. The number of nitro groups is 1. The summed E-state index contributed by atoms with van der Waals surface area (Å²) in [5, 5.41) is 20.8. The second-order valence-electron chi connectivity index (χ2n) is 5.71. The summed E-state index contributed by atoms with van der Waals surface area (Å²) >= 11 is 0. The maximum absolute atomic E-state index is 11.3. The average molecular weight is 211 g/mol. The number of rotatable bonds is 2. The van der Waals surface area contributed by atoms with E-state index in [0.29, 0.717) is 11.8 Å². The maximum Gasteiger partial charge on any atom is 0.250 e. The van der Waals surface area contributed by atoms with Gasteiger partial charge in [-0.25, -0.2) is 0 Å². The first-order chi connectivity index (χ1) is 7.16. The third kappa shape index (κ3) is 1.06. The zero-order valence-electron chi connectivity index (χ0n) is 8.76. The molecule has 0 heterocycles. The number of aliphatic hydroxyl groups is 1. The summed E-state index contributed by atoms with van der Waals surface area (Å²) in [6.45, 7) is -0.255. The lowest BCUT2D eigenvalue weighted by Gasteiger charge is -2.55. The summed E-state index contributed by atoms with van der Waals surface area (Å²) in [7, 11) is 0. The van der Waals surface area contributed by atoms with E-state index in [1.54, 1.807) is 0 Å². The summed E-state index contributed by atoms with van der Waals surface area (Å²) in [6.07, 6.45) is 5.21. The van der Waals surface area contributed by atoms with E-state index in [1.165, 1.54) is 6.42 Å². The van der Waals surface area contributed by atoms with Crippen LogP contribution in [0.1, 0.15) is 32.1 Å². The second-order valence-corrected chi connectivity index (χ2v) is 5.71. The van der Waals surface area contributed by atoms with Gasteiger partial charge in [-0.15, -0.1) is 0 Å².